The number of nitrogens with one attached hydrogen (secondary N) is 1. The molecule has 0 aromatic carbocycles. The Kier molecular flexibility index (Phi) is 11.4. The molecule has 0 rings (SSSR count). The van der Waals surface area contributed by atoms with Crippen LogP contribution < -0.4 is 5.32 Å². The normalized spacial score (nSPS) is 12.4. The first-order valence-electron chi connectivity index (χ1n) is 6.79. The quantitative estimate of drug-likeness (QED) is 0.484. The van der Waals surface area contributed by atoms with Gasteiger partial charge in [-0.25, -0.2) is 0 Å². The third-order valence-corrected chi connectivity index (χ3v) is 2.81. The first-order valence-corrected chi connectivity index (χ1v) is 6.79. The fourth-order valence-electron chi connectivity index (χ4n) is 1.67. The second-order valence-corrected chi connectivity index (χ2v) is 4.46. The van der Waals surface area contributed by atoms with Crippen molar-refractivity contribution in [1.82, 2.24) is 5.32 Å². The van der Waals surface area contributed by atoms with Gasteiger partial charge in [-0.3, -0.25) is 4.79 Å². The van der Waals surface area contributed by atoms with Gasteiger partial charge in [0.25, 0.3) is 5.91 Å². The highest BCUT2D eigenvalue weighted by Gasteiger charge is 2.11. The fourth-order valence-corrected chi connectivity index (χ4v) is 1.67. The van der Waals surface area contributed by atoms with Crippen LogP contribution in [0.4, 0.5) is 0 Å². The topological polar surface area (TPSA) is 69.6 Å². The van der Waals surface area contributed by atoms with Gasteiger partial charge in [-0.05, 0) is 6.42 Å². The Morgan fingerprint density at radius 2 is 1.59 bits per heavy atom. The molecule has 0 fully saturated rings. The minimum absolute atomic E-state index is 0.476. The van der Waals surface area contributed by atoms with Gasteiger partial charge >= 0.3 is 0 Å². The molecule has 0 aliphatic heterocycles. The molecule has 0 spiro atoms. The van der Waals surface area contributed by atoms with Crippen LogP contribution >= 0.6 is 0 Å². The maximum absolute atomic E-state index is 11.1. The highest BCUT2D eigenvalue weighted by atomic mass is 16.3. The molecule has 0 radical (unpaired) electrons. The van der Waals surface area contributed by atoms with E-state index < -0.39 is 18.6 Å². The summed E-state index contributed by atoms with van der Waals surface area (Å²) in [5, 5.41) is 20.1. The van der Waals surface area contributed by atoms with Crippen molar-refractivity contribution >= 4 is 5.91 Å². The van der Waals surface area contributed by atoms with Crippen molar-refractivity contribution in [3.05, 3.63) is 0 Å². The molecule has 1 amide bonds. The van der Waals surface area contributed by atoms with Crippen LogP contribution in [0.1, 0.15) is 58.3 Å². The van der Waals surface area contributed by atoms with Gasteiger partial charge in [0, 0.05) is 6.54 Å². The average molecular weight is 245 g/mol. The predicted octanol–water partition coefficient (Wildman–Crippen LogP) is 1.60. The van der Waals surface area contributed by atoms with Crippen molar-refractivity contribution in [2.24, 2.45) is 0 Å². The zero-order chi connectivity index (χ0) is 12.9. The van der Waals surface area contributed by atoms with E-state index in [0.717, 1.165) is 12.8 Å². The van der Waals surface area contributed by atoms with E-state index in [-0.39, 0.29) is 0 Å². The van der Waals surface area contributed by atoms with Gasteiger partial charge in [0.15, 0.2) is 6.10 Å². The molecule has 17 heavy (non-hydrogen) atoms. The number of aliphatic hydroxyl groups is 2. The van der Waals surface area contributed by atoms with E-state index in [0.29, 0.717) is 6.54 Å². The van der Waals surface area contributed by atoms with Crippen LogP contribution in [0.3, 0.4) is 0 Å². The summed E-state index contributed by atoms with van der Waals surface area (Å²) in [6.07, 6.45) is 8.51. The number of amides is 1. The first kappa shape index (κ1) is 16.4. The van der Waals surface area contributed by atoms with E-state index in [1.807, 2.05) is 0 Å². The van der Waals surface area contributed by atoms with E-state index in [1.165, 1.54) is 38.5 Å². The average Bonchev–Trinajstić information content (AvgIpc) is 2.35. The van der Waals surface area contributed by atoms with Gasteiger partial charge in [-0.1, -0.05) is 51.9 Å². The Morgan fingerprint density at radius 1 is 1.06 bits per heavy atom. The Bertz CT molecular complexity index is 186. The van der Waals surface area contributed by atoms with Gasteiger partial charge in [0.1, 0.15) is 0 Å². The van der Waals surface area contributed by atoms with E-state index in [9.17, 15) is 4.79 Å². The first-order chi connectivity index (χ1) is 8.22. The van der Waals surface area contributed by atoms with E-state index in [2.05, 4.69) is 12.2 Å². The van der Waals surface area contributed by atoms with Gasteiger partial charge in [-0.15, -0.1) is 0 Å². The van der Waals surface area contributed by atoms with Gasteiger partial charge in [-0.2, -0.15) is 0 Å². The van der Waals surface area contributed by atoms with Crippen molar-refractivity contribution in [3.63, 3.8) is 0 Å². The molecule has 0 saturated carbocycles. The lowest BCUT2D eigenvalue weighted by atomic mass is 10.1. The highest BCUT2D eigenvalue weighted by molar-refractivity contribution is 5.80. The lowest BCUT2D eigenvalue weighted by molar-refractivity contribution is -0.131. The summed E-state index contributed by atoms with van der Waals surface area (Å²) in [7, 11) is 0. The van der Waals surface area contributed by atoms with Crippen molar-refractivity contribution < 1.29 is 15.0 Å². The molecule has 0 aliphatic carbocycles. The maximum Gasteiger partial charge on any atom is 0.251 e. The zero-order valence-corrected chi connectivity index (χ0v) is 11.0. The van der Waals surface area contributed by atoms with Crippen molar-refractivity contribution in [3.8, 4) is 0 Å². The number of unbranched alkanes of at least 4 members (excludes halogenated alkanes) is 7. The summed E-state index contributed by atoms with van der Waals surface area (Å²) in [4.78, 5) is 11.1. The predicted molar refractivity (Wildman–Crippen MR) is 68.7 cm³/mol. The van der Waals surface area contributed by atoms with Crippen LogP contribution in [0.2, 0.25) is 0 Å². The number of carbonyl (C=O) groups excluding carboxylic acids is 1. The third-order valence-electron chi connectivity index (χ3n) is 2.81. The molecule has 0 saturated heterocycles. The lowest BCUT2D eigenvalue weighted by Crippen LogP contribution is -2.37. The minimum Gasteiger partial charge on any atom is -0.393 e. The second-order valence-electron chi connectivity index (χ2n) is 4.46. The molecular weight excluding hydrogens is 218 g/mol. The molecule has 0 aliphatic rings. The summed E-state index contributed by atoms with van der Waals surface area (Å²) in [6, 6.07) is 0. The summed E-state index contributed by atoms with van der Waals surface area (Å²) in [5.74, 6) is -0.476. The Balaban J connectivity index is 3.16. The van der Waals surface area contributed by atoms with Crippen LogP contribution in [0.25, 0.3) is 0 Å². The second kappa shape index (κ2) is 11.9. The standard InChI is InChI=1S/C13H27NO3/c1-2-3-4-5-6-7-8-9-10-14-13(17)12(16)11-15/h12,15-16H,2-11H2,1H3,(H,14,17). The molecule has 0 aromatic rings. The lowest BCUT2D eigenvalue weighted by Gasteiger charge is -2.08. The smallest absolute Gasteiger partial charge is 0.251 e. The SMILES string of the molecule is CCCCCCCCCCNC(=O)C(O)CO. The molecule has 0 aromatic heterocycles. The Hall–Kier alpha value is -0.610. The zero-order valence-electron chi connectivity index (χ0n) is 11.0. The molecule has 4 heteroatoms. The number of aliphatic hydroxyl groups excluding tert-OH is 2. The Labute approximate surface area is 104 Å². The van der Waals surface area contributed by atoms with E-state index >= 15 is 0 Å². The van der Waals surface area contributed by atoms with Crippen LogP contribution in [-0.2, 0) is 4.79 Å². The Morgan fingerprint density at radius 3 is 2.12 bits per heavy atom. The van der Waals surface area contributed by atoms with Gasteiger partial charge in [0.05, 0.1) is 6.61 Å². The third kappa shape index (κ3) is 10.3. The summed E-state index contributed by atoms with van der Waals surface area (Å²) >= 11 is 0. The summed E-state index contributed by atoms with van der Waals surface area (Å²) in [5.41, 5.74) is 0. The van der Waals surface area contributed by atoms with E-state index in [4.69, 9.17) is 10.2 Å². The monoisotopic (exact) mass is 245 g/mol. The number of hydrogen-bond donors (Lipinski definition) is 3. The molecule has 1 unspecified atom stereocenters. The maximum atomic E-state index is 11.1. The molecular formula is C13H27NO3. The van der Waals surface area contributed by atoms with Crippen LogP contribution in [0.5, 0.6) is 0 Å². The fraction of sp³-hybridized carbons (Fsp3) is 0.923. The number of rotatable bonds is 11. The molecule has 102 valence electrons. The largest absolute Gasteiger partial charge is 0.393 e. The number of carbonyl (C=O) groups is 1. The van der Waals surface area contributed by atoms with E-state index in [1.54, 1.807) is 0 Å². The van der Waals surface area contributed by atoms with Crippen molar-refractivity contribution in [2.75, 3.05) is 13.2 Å². The van der Waals surface area contributed by atoms with Crippen molar-refractivity contribution in [1.29, 1.82) is 0 Å². The van der Waals surface area contributed by atoms with Crippen LogP contribution in [-0.4, -0.2) is 35.4 Å². The molecule has 0 bridgehead atoms. The minimum atomic E-state index is -1.27. The number of hydrogen-bond acceptors (Lipinski definition) is 3. The molecule has 1 atom stereocenters. The summed E-state index contributed by atoms with van der Waals surface area (Å²) < 4.78 is 0. The molecule has 3 N–H and O–H groups in total. The van der Waals surface area contributed by atoms with Crippen LogP contribution in [0.15, 0.2) is 0 Å². The van der Waals surface area contributed by atoms with Gasteiger partial charge < -0.3 is 15.5 Å². The van der Waals surface area contributed by atoms with Crippen LogP contribution in [0, 0.1) is 0 Å². The van der Waals surface area contributed by atoms with Crippen molar-refractivity contribution in [2.45, 2.75) is 64.4 Å². The highest BCUT2D eigenvalue weighted by Crippen LogP contribution is 2.07. The molecule has 4 nitrogen and oxygen atoms in total. The summed E-state index contributed by atoms with van der Waals surface area (Å²) in [6.45, 7) is 2.29. The molecule has 0 heterocycles. The van der Waals surface area contributed by atoms with Gasteiger partial charge in [0.2, 0.25) is 0 Å².